The maximum atomic E-state index is 12.7. The van der Waals surface area contributed by atoms with Crippen molar-refractivity contribution in [3.8, 4) is 22.7 Å². The highest BCUT2D eigenvalue weighted by Crippen LogP contribution is 2.27. The number of hydrogen-bond donors (Lipinski definition) is 2. The number of aromatic nitrogens is 2. The van der Waals surface area contributed by atoms with E-state index in [1.807, 2.05) is 47.8 Å². The van der Waals surface area contributed by atoms with Crippen LogP contribution in [0.5, 0.6) is 0 Å². The molecule has 0 aliphatic carbocycles. The first-order valence-corrected chi connectivity index (χ1v) is 10.1. The summed E-state index contributed by atoms with van der Waals surface area (Å²) < 4.78 is 5.65. The van der Waals surface area contributed by atoms with Crippen molar-refractivity contribution < 1.29 is 14.0 Å². The van der Waals surface area contributed by atoms with Gasteiger partial charge < -0.3 is 9.73 Å². The molecule has 2 N–H and O–H groups in total. The predicted octanol–water partition coefficient (Wildman–Crippen LogP) is 4.98. The third kappa shape index (κ3) is 4.28. The van der Waals surface area contributed by atoms with Gasteiger partial charge in [-0.15, -0.1) is 11.3 Å². The minimum Gasteiger partial charge on any atom is -0.441 e. The fourth-order valence-corrected chi connectivity index (χ4v) is 3.57. The van der Waals surface area contributed by atoms with Crippen LogP contribution >= 0.6 is 11.3 Å². The second kappa shape index (κ2) is 8.30. The van der Waals surface area contributed by atoms with Gasteiger partial charge in [-0.3, -0.25) is 14.9 Å². The highest BCUT2D eigenvalue weighted by atomic mass is 32.1. The zero-order valence-electron chi connectivity index (χ0n) is 16.3. The van der Waals surface area contributed by atoms with Crippen molar-refractivity contribution in [2.45, 2.75) is 13.8 Å². The molecular formula is C22H18N4O3S. The topological polar surface area (TPSA) is 97.1 Å². The van der Waals surface area contributed by atoms with Crippen molar-refractivity contribution in [3.63, 3.8) is 0 Å². The average molecular weight is 418 g/mol. The van der Waals surface area contributed by atoms with Crippen LogP contribution < -0.4 is 10.6 Å². The number of amides is 2. The molecule has 150 valence electrons. The van der Waals surface area contributed by atoms with Gasteiger partial charge in [0.05, 0.1) is 5.69 Å². The number of thiazole rings is 1. The summed E-state index contributed by atoms with van der Waals surface area (Å²) in [5.74, 6) is 0.342. The molecule has 0 radical (unpaired) electrons. The smallest absolute Gasteiger partial charge is 0.279 e. The van der Waals surface area contributed by atoms with Gasteiger partial charge in [0.2, 0.25) is 11.8 Å². The Morgan fingerprint density at radius 3 is 2.37 bits per heavy atom. The lowest BCUT2D eigenvalue weighted by atomic mass is 10.1. The fraction of sp³-hybridized carbons (Fsp3) is 0.0909. The number of anilines is 2. The zero-order chi connectivity index (χ0) is 21.1. The van der Waals surface area contributed by atoms with E-state index >= 15 is 0 Å². The number of nitrogens with zero attached hydrogens (tertiary/aromatic N) is 2. The van der Waals surface area contributed by atoms with Crippen molar-refractivity contribution >= 4 is 34.0 Å². The number of carbonyl (C=O) groups is 2. The zero-order valence-corrected chi connectivity index (χ0v) is 17.1. The van der Waals surface area contributed by atoms with Gasteiger partial charge in [-0.25, -0.2) is 9.97 Å². The Labute approximate surface area is 176 Å². The standard InChI is InChI=1S/C22H18N4O3S/c1-13-19(25-21(29-13)16-6-4-3-5-7-16)20(28)26-22-24-18(12-30-22)15-8-10-17(11-9-15)23-14(2)27/h3-12H,1-2H3,(H,23,27)(H,24,26,28). The van der Waals surface area contributed by atoms with Gasteiger partial charge >= 0.3 is 0 Å². The molecule has 0 atom stereocenters. The van der Waals surface area contributed by atoms with E-state index in [0.717, 1.165) is 16.8 Å². The lowest BCUT2D eigenvalue weighted by Gasteiger charge is -2.02. The maximum absolute atomic E-state index is 12.7. The molecule has 7 nitrogen and oxygen atoms in total. The number of hydrogen-bond acceptors (Lipinski definition) is 6. The molecule has 0 fully saturated rings. The molecule has 0 saturated carbocycles. The molecule has 2 aromatic carbocycles. The van der Waals surface area contributed by atoms with Gasteiger partial charge in [0.25, 0.3) is 5.91 Å². The van der Waals surface area contributed by atoms with E-state index in [1.54, 1.807) is 19.1 Å². The number of oxazole rings is 1. The van der Waals surface area contributed by atoms with Crippen LogP contribution in [0.25, 0.3) is 22.7 Å². The molecule has 0 unspecified atom stereocenters. The Hall–Kier alpha value is -3.78. The summed E-state index contributed by atoms with van der Waals surface area (Å²) in [6.45, 7) is 3.17. The molecular weight excluding hydrogens is 400 g/mol. The van der Waals surface area contributed by atoms with Gasteiger partial charge in [-0.2, -0.15) is 0 Å². The number of benzene rings is 2. The SMILES string of the molecule is CC(=O)Nc1ccc(-c2csc(NC(=O)c3nc(-c4ccccc4)oc3C)n2)cc1. The lowest BCUT2D eigenvalue weighted by Crippen LogP contribution is -2.13. The van der Waals surface area contributed by atoms with Crippen LogP contribution in [0.4, 0.5) is 10.8 Å². The van der Waals surface area contributed by atoms with E-state index in [4.69, 9.17) is 4.42 Å². The van der Waals surface area contributed by atoms with Crippen LogP contribution in [-0.4, -0.2) is 21.8 Å². The van der Waals surface area contributed by atoms with Crippen molar-refractivity contribution in [2.75, 3.05) is 10.6 Å². The summed E-state index contributed by atoms with van der Waals surface area (Å²) >= 11 is 1.32. The molecule has 2 aromatic heterocycles. The fourth-order valence-electron chi connectivity index (χ4n) is 2.86. The number of aryl methyl sites for hydroxylation is 1. The number of rotatable bonds is 5. The Morgan fingerprint density at radius 2 is 1.67 bits per heavy atom. The molecule has 0 saturated heterocycles. The van der Waals surface area contributed by atoms with Gasteiger partial charge in [0, 0.05) is 29.1 Å². The van der Waals surface area contributed by atoms with Crippen molar-refractivity contribution in [1.29, 1.82) is 0 Å². The Kier molecular flexibility index (Phi) is 5.40. The van der Waals surface area contributed by atoms with Crippen LogP contribution in [0, 0.1) is 6.92 Å². The Morgan fingerprint density at radius 1 is 0.933 bits per heavy atom. The molecule has 0 bridgehead atoms. The molecule has 2 heterocycles. The molecule has 8 heteroatoms. The summed E-state index contributed by atoms with van der Waals surface area (Å²) in [6.07, 6.45) is 0. The normalized spacial score (nSPS) is 10.6. The van der Waals surface area contributed by atoms with Crippen LogP contribution in [0.1, 0.15) is 23.2 Å². The molecule has 4 rings (SSSR count). The van der Waals surface area contributed by atoms with Gasteiger partial charge in [-0.1, -0.05) is 30.3 Å². The van der Waals surface area contributed by atoms with Crippen LogP contribution in [-0.2, 0) is 4.79 Å². The van der Waals surface area contributed by atoms with Crippen molar-refractivity contribution in [1.82, 2.24) is 9.97 Å². The molecule has 0 aliphatic rings. The van der Waals surface area contributed by atoms with Gasteiger partial charge in [-0.05, 0) is 31.2 Å². The summed E-state index contributed by atoms with van der Waals surface area (Å²) in [6, 6.07) is 16.7. The second-order valence-electron chi connectivity index (χ2n) is 6.54. The molecule has 0 aliphatic heterocycles. The van der Waals surface area contributed by atoms with E-state index < -0.39 is 0 Å². The first kappa shape index (κ1) is 19.5. The first-order chi connectivity index (χ1) is 14.5. The highest BCUT2D eigenvalue weighted by molar-refractivity contribution is 7.14. The molecule has 0 spiro atoms. The molecule has 4 aromatic rings. The summed E-state index contributed by atoms with van der Waals surface area (Å²) in [5, 5.41) is 7.82. The largest absolute Gasteiger partial charge is 0.441 e. The van der Waals surface area contributed by atoms with E-state index in [2.05, 4.69) is 20.6 Å². The molecule has 30 heavy (non-hydrogen) atoms. The Bertz CT molecular complexity index is 1200. The van der Waals surface area contributed by atoms with Crippen LogP contribution in [0.3, 0.4) is 0 Å². The third-order valence-corrected chi connectivity index (χ3v) is 5.02. The van der Waals surface area contributed by atoms with Gasteiger partial charge in [0.15, 0.2) is 10.8 Å². The first-order valence-electron chi connectivity index (χ1n) is 9.17. The van der Waals surface area contributed by atoms with Gasteiger partial charge in [0.1, 0.15) is 5.76 Å². The molecule has 2 amide bonds. The minimum absolute atomic E-state index is 0.125. The van der Waals surface area contributed by atoms with Crippen molar-refractivity contribution in [2.24, 2.45) is 0 Å². The highest BCUT2D eigenvalue weighted by Gasteiger charge is 2.19. The number of nitrogens with one attached hydrogen (secondary N) is 2. The lowest BCUT2D eigenvalue weighted by molar-refractivity contribution is -0.114. The van der Waals surface area contributed by atoms with E-state index in [1.165, 1.54) is 18.3 Å². The summed E-state index contributed by atoms with van der Waals surface area (Å²) in [5.41, 5.74) is 3.35. The quantitative estimate of drug-likeness (QED) is 0.476. The third-order valence-electron chi connectivity index (χ3n) is 4.26. The van der Waals surface area contributed by atoms with E-state index in [9.17, 15) is 9.59 Å². The maximum Gasteiger partial charge on any atom is 0.279 e. The van der Waals surface area contributed by atoms with E-state index in [0.29, 0.717) is 22.5 Å². The minimum atomic E-state index is -0.375. The van der Waals surface area contributed by atoms with Crippen molar-refractivity contribution in [3.05, 3.63) is 71.4 Å². The predicted molar refractivity (Wildman–Crippen MR) is 116 cm³/mol. The monoisotopic (exact) mass is 418 g/mol. The summed E-state index contributed by atoms with van der Waals surface area (Å²) in [4.78, 5) is 32.6. The summed E-state index contributed by atoms with van der Waals surface area (Å²) in [7, 11) is 0. The van der Waals surface area contributed by atoms with Crippen LogP contribution in [0.2, 0.25) is 0 Å². The number of carbonyl (C=O) groups excluding carboxylic acids is 2. The van der Waals surface area contributed by atoms with Crippen LogP contribution in [0.15, 0.2) is 64.4 Å². The second-order valence-corrected chi connectivity index (χ2v) is 7.40. The average Bonchev–Trinajstić information content (AvgIpc) is 3.35. The van der Waals surface area contributed by atoms with E-state index in [-0.39, 0.29) is 17.5 Å². The Balaban J connectivity index is 1.48.